The van der Waals surface area contributed by atoms with Crippen LogP contribution in [0.3, 0.4) is 0 Å². The molecule has 0 radical (unpaired) electrons. The quantitative estimate of drug-likeness (QED) is 0.588. The summed E-state index contributed by atoms with van der Waals surface area (Å²) >= 11 is 0. The van der Waals surface area contributed by atoms with E-state index < -0.39 is 21.9 Å². The zero-order chi connectivity index (χ0) is 23.3. The fourth-order valence-electron chi connectivity index (χ4n) is 3.60. The molecule has 1 aromatic carbocycles. The number of halogens is 3. The van der Waals surface area contributed by atoms with Gasteiger partial charge in [0.25, 0.3) is 5.78 Å². The summed E-state index contributed by atoms with van der Waals surface area (Å²) in [5.41, 5.74) is -0.140. The van der Waals surface area contributed by atoms with Crippen LogP contribution in [0.25, 0.3) is 5.78 Å². The third kappa shape index (κ3) is 4.16. The minimum absolute atomic E-state index is 0.0968. The maximum absolute atomic E-state index is 13.3. The predicted molar refractivity (Wildman–Crippen MR) is 112 cm³/mol. The Kier molecular flexibility index (Phi) is 5.40. The molecule has 1 aliphatic heterocycles. The normalized spacial score (nSPS) is 16.6. The van der Waals surface area contributed by atoms with Crippen molar-refractivity contribution >= 4 is 21.6 Å². The highest BCUT2D eigenvalue weighted by Crippen LogP contribution is 2.31. The topological polar surface area (TPSA) is 83.7 Å². The van der Waals surface area contributed by atoms with Crippen molar-refractivity contribution in [3.05, 3.63) is 47.9 Å². The fourth-order valence-corrected chi connectivity index (χ4v) is 5.02. The van der Waals surface area contributed by atoms with Gasteiger partial charge in [-0.15, -0.1) is 0 Å². The second-order valence-electron chi connectivity index (χ2n) is 8.63. The standard InChI is InChI=1S/C20H23F3N6O2S/c1-19(2,3)14-4-6-15(7-5-14)32(30,31)28-10-8-27(9-11-28)17-12-16(20(21,22)23)26-18-24-13-25-29(17)18/h4-7,12-13H,8-11H2,1-3H3. The minimum Gasteiger partial charge on any atom is -0.354 e. The first-order chi connectivity index (χ1) is 14.9. The smallest absolute Gasteiger partial charge is 0.354 e. The van der Waals surface area contributed by atoms with Crippen molar-refractivity contribution in [2.24, 2.45) is 0 Å². The predicted octanol–water partition coefficient (Wildman–Crippen LogP) is 2.95. The average molecular weight is 469 g/mol. The molecule has 32 heavy (non-hydrogen) atoms. The fraction of sp³-hybridized carbons (Fsp3) is 0.450. The van der Waals surface area contributed by atoms with Gasteiger partial charge in [0.2, 0.25) is 10.0 Å². The summed E-state index contributed by atoms with van der Waals surface area (Å²) in [7, 11) is -3.71. The van der Waals surface area contributed by atoms with Gasteiger partial charge >= 0.3 is 6.18 Å². The molecule has 3 aromatic rings. The van der Waals surface area contributed by atoms with Gasteiger partial charge in [-0.2, -0.15) is 32.1 Å². The van der Waals surface area contributed by atoms with Gasteiger partial charge in [0.1, 0.15) is 12.1 Å². The van der Waals surface area contributed by atoms with Crippen molar-refractivity contribution in [2.75, 3.05) is 31.1 Å². The average Bonchev–Trinajstić information content (AvgIpc) is 3.21. The molecule has 12 heteroatoms. The van der Waals surface area contributed by atoms with E-state index in [-0.39, 0.29) is 48.1 Å². The molecule has 0 amide bonds. The summed E-state index contributed by atoms with van der Waals surface area (Å²) in [6.07, 6.45) is -3.50. The highest BCUT2D eigenvalue weighted by molar-refractivity contribution is 7.89. The monoisotopic (exact) mass is 468 g/mol. The Morgan fingerprint density at radius 3 is 2.16 bits per heavy atom. The van der Waals surface area contributed by atoms with Gasteiger partial charge in [-0.05, 0) is 23.1 Å². The summed E-state index contributed by atoms with van der Waals surface area (Å²) in [5, 5.41) is 3.96. The summed E-state index contributed by atoms with van der Waals surface area (Å²) in [4.78, 5) is 9.14. The van der Waals surface area contributed by atoms with Crippen LogP contribution in [-0.2, 0) is 21.6 Å². The first-order valence-corrected chi connectivity index (χ1v) is 11.4. The Morgan fingerprint density at radius 2 is 1.59 bits per heavy atom. The SMILES string of the molecule is CC(C)(C)c1ccc(S(=O)(=O)N2CCN(c3cc(C(F)(F)F)nc4ncnn34)CC2)cc1. The lowest BCUT2D eigenvalue weighted by molar-refractivity contribution is -0.141. The molecule has 0 aliphatic carbocycles. The number of alkyl halides is 3. The van der Waals surface area contributed by atoms with Gasteiger partial charge in [-0.25, -0.2) is 13.4 Å². The first kappa shape index (κ1) is 22.5. The molecule has 172 valence electrons. The number of aromatic nitrogens is 4. The van der Waals surface area contributed by atoms with E-state index in [4.69, 9.17) is 0 Å². The molecule has 0 bridgehead atoms. The van der Waals surface area contributed by atoms with Crippen molar-refractivity contribution in [3.63, 3.8) is 0 Å². The molecular weight excluding hydrogens is 445 g/mol. The Balaban J connectivity index is 1.55. The van der Waals surface area contributed by atoms with E-state index >= 15 is 0 Å². The Bertz CT molecular complexity index is 1220. The number of piperazine rings is 1. The van der Waals surface area contributed by atoms with Crippen LogP contribution >= 0.6 is 0 Å². The molecule has 3 heterocycles. The molecule has 0 unspecified atom stereocenters. The van der Waals surface area contributed by atoms with Crippen LogP contribution in [0.1, 0.15) is 32.0 Å². The number of anilines is 1. The molecule has 0 N–H and O–H groups in total. The number of hydrogen-bond donors (Lipinski definition) is 0. The zero-order valence-electron chi connectivity index (χ0n) is 17.8. The van der Waals surface area contributed by atoms with Crippen LogP contribution in [0.15, 0.2) is 41.6 Å². The molecule has 1 fully saturated rings. The highest BCUT2D eigenvalue weighted by Gasteiger charge is 2.36. The molecule has 8 nitrogen and oxygen atoms in total. The van der Waals surface area contributed by atoms with Gasteiger partial charge in [0.15, 0.2) is 5.69 Å². The molecule has 2 aromatic heterocycles. The molecule has 0 saturated carbocycles. The van der Waals surface area contributed by atoms with Crippen molar-refractivity contribution in [1.82, 2.24) is 23.9 Å². The summed E-state index contributed by atoms with van der Waals surface area (Å²) < 4.78 is 68.5. The van der Waals surface area contributed by atoms with Gasteiger partial charge in [0, 0.05) is 32.2 Å². The largest absolute Gasteiger partial charge is 0.433 e. The zero-order valence-corrected chi connectivity index (χ0v) is 18.7. The van der Waals surface area contributed by atoms with Crippen LogP contribution in [-0.4, -0.2) is 58.5 Å². The first-order valence-electron chi connectivity index (χ1n) is 10.0. The van der Waals surface area contributed by atoms with E-state index in [1.165, 1.54) is 8.82 Å². The van der Waals surface area contributed by atoms with Crippen LogP contribution in [0, 0.1) is 0 Å². The van der Waals surface area contributed by atoms with Crippen molar-refractivity contribution in [3.8, 4) is 0 Å². The number of nitrogens with zero attached hydrogens (tertiary/aromatic N) is 6. The second-order valence-corrected chi connectivity index (χ2v) is 10.6. The molecule has 1 saturated heterocycles. The molecular formula is C20H23F3N6O2S. The number of benzene rings is 1. The molecule has 0 atom stereocenters. The van der Waals surface area contributed by atoms with Crippen molar-refractivity contribution < 1.29 is 21.6 Å². The number of fused-ring (bicyclic) bond motifs is 1. The maximum Gasteiger partial charge on any atom is 0.433 e. The van der Waals surface area contributed by atoms with E-state index in [1.54, 1.807) is 29.2 Å². The number of rotatable bonds is 3. The lowest BCUT2D eigenvalue weighted by Crippen LogP contribution is -2.49. The minimum atomic E-state index is -4.63. The van der Waals surface area contributed by atoms with Gasteiger partial charge in [-0.3, -0.25) is 0 Å². The summed E-state index contributed by atoms with van der Waals surface area (Å²) in [5.74, 6) is 0.00946. The summed E-state index contributed by atoms with van der Waals surface area (Å²) in [6, 6.07) is 7.72. The summed E-state index contributed by atoms with van der Waals surface area (Å²) in [6.45, 7) is 6.80. The van der Waals surface area contributed by atoms with Crippen molar-refractivity contribution in [1.29, 1.82) is 0 Å². The Labute approximate surface area is 183 Å². The second kappa shape index (κ2) is 7.69. The van der Waals surface area contributed by atoms with E-state index in [1.807, 2.05) is 20.8 Å². The Morgan fingerprint density at radius 1 is 0.969 bits per heavy atom. The van der Waals surface area contributed by atoms with Crippen LogP contribution in [0.2, 0.25) is 0 Å². The van der Waals surface area contributed by atoms with Crippen LogP contribution in [0.5, 0.6) is 0 Å². The molecule has 0 spiro atoms. The lowest BCUT2D eigenvalue weighted by atomic mass is 9.87. The van der Waals surface area contributed by atoms with E-state index in [2.05, 4.69) is 15.1 Å². The molecule has 1 aliphatic rings. The number of hydrogen-bond acceptors (Lipinski definition) is 6. The molecule has 4 rings (SSSR count). The van der Waals surface area contributed by atoms with E-state index in [0.717, 1.165) is 18.0 Å². The Hall–Kier alpha value is -2.73. The van der Waals surface area contributed by atoms with E-state index in [0.29, 0.717) is 0 Å². The van der Waals surface area contributed by atoms with Crippen LogP contribution < -0.4 is 4.90 Å². The highest BCUT2D eigenvalue weighted by atomic mass is 32.2. The lowest BCUT2D eigenvalue weighted by Gasteiger charge is -2.35. The van der Waals surface area contributed by atoms with Crippen LogP contribution in [0.4, 0.5) is 19.0 Å². The van der Waals surface area contributed by atoms with Gasteiger partial charge < -0.3 is 4.90 Å². The van der Waals surface area contributed by atoms with E-state index in [9.17, 15) is 21.6 Å². The van der Waals surface area contributed by atoms with Gasteiger partial charge in [0.05, 0.1) is 4.90 Å². The maximum atomic E-state index is 13.3. The third-order valence-corrected chi connectivity index (χ3v) is 7.36. The van der Waals surface area contributed by atoms with Crippen molar-refractivity contribution in [2.45, 2.75) is 37.3 Å². The van der Waals surface area contributed by atoms with Gasteiger partial charge in [-0.1, -0.05) is 32.9 Å². The number of sulfonamides is 1. The third-order valence-electron chi connectivity index (χ3n) is 5.44.